The predicted octanol–water partition coefficient (Wildman–Crippen LogP) is 1.40. The lowest BCUT2D eigenvalue weighted by Crippen LogP contribution is -2.40. The normalized spacial score (nSPS) is 16.4. The van der Waals surface area contributed by atoms with E-state index in [0.29, 0.717) is 87.7 Å². The van der Waals surface area contributed by atoms with Crippen LogP contribution in [0, 0.1) is 0 Å². The van der Waals surface area contributed by atoms with Gasteiger partial charge in [-0.15, -0.1) is 0 Å². The van der Waals surface area contributed by atoms with Crippen LogP contribution in [0.15, 0.2) is 36.9 Å². The second-order valence-corrected chi connectivity index (χ2v) is 7.81. The quantitative estimate of drug-likeness (QED) is 0.491. The molecule has 2 fully saturated rings. The number of rotatable bonds is 6. The van der Waals surface area contributed by atoms with Crippen LogP contribution in [-0.4, -0.2) is 88.3 Å². The van der Waals surface area contributed by atoms with Crippen molar-refractivity contribution in [1.82, 2.24) is 29.9 Å². The summed E-state index contributed by atoms with van der Waals surface area (Å²) in [6.45, 7) is 6.65. The van der Waals surface area contributed by atoms with Crippen LogP contribution < -0.4 is 14.7 Å². The highest BCUT2D eigenvalue weighted by molar-refractivity contribution is 5.95. The average Bonchev–Trinajstić information content (AvgIpc) is 2.90. The maximum Gasteiger partial charge on any atom is 0.243 e. The lowest BCUT2D eigenvalue weighted by Gasteiger charge is -2.31. The first-order chi connectivity index (χ1) is 16.7. The van der Waals surface area contributed by atoms with Crippen LogP contribution in [0.5, 0.6) is 0 Å². The highest BCUT2D eigenvalue weighted by Gasteiger charge is 2.25. The van der Waals surface area contributed by atoms with Crippen LogP contribution in [0.4, 0.5) is 29.5 Å². The second kappa shape index (κ2) is 10.0. The molecule has 0 bridgehead atoms. The maximum atomic E-state index is 12.1. The predicted molar refractivity (Wildman–Crippen MR) is 124 cm³/mol. The summed E-state index contributed by atoms with van der Waals surface area (Å²) in [6, 6.07) is 7.22. The summed E-state index contributed by atoms with van der Waals surface area (Å²) >= 11 is 0. The zero-order chi connectivity index (χ0) is 23.3. The Labute approximate surface area is 196 Å². The molecule has 2 aliphatic heterocycles. The van der Waals surface area contributed by atoms with E-state index in [1.165, 1.54) is 19.6 Å². The number of nitrogens with zero attached hydrogens (tertiary/aromatic N) is 9. The Morgan fingerprint density at radius 3 is 2.00 bits per heavy atom. The van der Waals surface area contributed by atoms with Crippen molar-refractivity contribution in [2.75, 3.05) is 67.3 Å². The van der Waals surface area contributed by atoms with Gasteiger partial charge in [0, 0.05) is 31.7 Å². The van der Waals surface area contributed by atoms with Crippen LogP contribution in [0.3, 0.4) is 0 Å². The van der Waals surface area contributed by atoms with Gasteiger partial charge in [0.1, 0.15) is 12.7 Å². The Kier molecular flexibility index (Phi) is 6.49. The summed E-state index contributed by atoms with van der Waals surface area (Å²) in [6.07, 6.45) is 2.83. The third-order valence-electron chi connectivity index (χ3n) is 5.58. The molecular weight excluding hydrogens is 438 g/mol. The molecule has 0 saturated carbocycles. The topological polar surface area (TPSA) is 123 Å². The van der Waals surface area contributed by atoms with Gasteiger partial charge in [0.2, 0.25) is 23.8 Å². The van der Waals surface area contributed by atoms with Crippen LogP contribution in [0.1, 0.15) is 17.3 Å². The number of hydrogen-bond acceptors (Lipinski definition) is 12. The summed E-state index contributed by atoms with van der Waals surface area (Å²) in [5.41, 5.74) is 1.22. The standard InChI is InChI=1S/C22H25N9O3/c1-16(32)17-3-2-4-18(13-17)31(19-24-14-23-15-25-19)22-27-20(29-5-9-33-10-6-29)26-21(28-22)30-7-11-34-12-8-30/h2-4,13-15H,5-12H2,1H3. The van der Waals surface area contributed by atoms with E-state index >= 15 is 0 Å². The van der Waals surface area contributed by atoms with Crippen molar-refractivity contribution in [2.45, 2.75) is 6.92 Å². The highest BCUT2D eigenvalue weighted by Crippen LogP contribution is 2.32. The molecule has 0 radical (unpaired) electrons. The Balaban J connectivity index is 1.65. The summed E-state index contributed by atoms with van der Waals surface area (Å²) in [5.74, 6) is 1.75. The molecule has 34 heavy (non-hydrogen) atoms. The number of benzene rings is 1. The van der Waals surface area contributed by atoms with E-state index in [-0.39, 0.29) is 5.78 Å². The molecule has 1 aromatic carbocycles. The third kappa shape index (κ3) is 4.77. The Bertz CT molecular complexity index is 1100. The summed E-state index contributed by atoms with van der Waals surface area (Å²) < 4.78 is 11.0. The molecule has 12 heteroatoms. The molecule has 0 N–H and O–H groups in total. The molecule has 176 valence electrons. The minimum atomic E-state index is -0.0453. The fraction of sp³-hybridized carbons (Fsp3) is 0.409. The summed E-state index contributed by atoms with van der Waals surface area (Å²) in [7, 11) is 0. The molecular formula is C22H25N9O3. The smallest absolute Gasteiger partial charge is 0.243 e. The van der Waals surface area contributed by atoms with Gasteiger partial charge in [-0.3, -0.25) is 4.79 Å². The molecule has 2 saturated heterocycles. The number of ether oxygens (including phenoxy) is 2. The first kappa shape index (κ1) is 22.0. The fourth-order valence-electron chi connectivity index (χ4n) is 3.79. The zero-order valence-corrected chi connectivity index (χ0v) is 18.9. The van der Waals surface area contributed by atoms with Crippen molar-refractivity contribution in [2.24, 2.45) is 0 Å². The van der Waals surface area contributed by atoms with E-state index in [4.69, 9.17) is 24.4 Å². The van der Waals surface area contributed by atoms with E-state index in [9.17, 15) is 4.79 Å². The van der Waals surface area contributed by atoms with Gasteiger partial charge in [-0.2, -0.15) is 15.0 Å². The number of Topliss-reactive ketones (excluding diaryl/α,β-unsaturated/α-hetero) is 1. The molecule has 2 aromatic heterocycles. The first-order valence-electron chi connectivity index (χ1n) is 11.1. The molecule has 0 unspecified atom stereocenters. The third-order valence-corrected chi connectivity index (χ3v) is 5.58. The highest BCUT2D eigenvalue weighted by atomic mass is 16.5. The summed E-state index contributed by atoms with van der Waals surface area (Å²) in [5, 5.41) is 0. The lowest BCUT2D eigenvalue weighted by atomic mass is 10.1. The Morgan fingerprint density at radius 2 is 1.44 bits per heavy atom. The van der Waals surface area contributed by atoms with Crippen molar-refractivity contribution in [3.63, 3.8) is 0 Å². The molecule has 3 aromatic rings. The van der Waals surface area contributed by atoms with Gasteiger partial charge < -0.3 is 19.3 Å². The fourth-order valence-corrected chi connectivity index (χ4v) is 3.79. The molecule has 2 aliphatic rings. The number of anilines is 5. The van der Waals surface area contributed by atoms with Gasteiger partial charge in [-0.1, -0.05) is 12.1 Å². The van der Waals surface area contributed by atoms with Crippen LogP contribution in [0.25, 0.3) is 0 Å². The van der Waals surface area contributed by atoms with Crippen LogP contribution >= 0.6 is 0 Å². The largest absolute Gasteiger partial charge is 0.378 e. The molecule has 12 nitrogen and oxygen atoms in total. The van der Waals surface area contributed by atoms with Crippen molar-refractivity contribution < 1.29 is 14.3 Å². The van der Waals surface area contributed by atoms with Crippen molar-refractivity contribution in [3.05, 3.63) is 42.5 Å². The van der Waals surface area contributed by atoms with Gasteiger partial charge in [-0.25, -0.2) is 19.9 Å². The van der Waals surface area contributed by atoms with Gasteiger partial charge in [-0.05, 0) is 19.1 Å². The number of hydrogen-bond donors (Lipinski definition) is 0. The first-order valence-corrected chi connectivity index (χ1v) is 11.1. The SMILES string of the molecule is CC(=O)c1cccc(N(c2ncncn2)c2nc(N3CCOCC3)nc(N3CCOCC3)n2)c1. The van der Waals surface area contributed by atoms with Crippen molar-refractivity contribution in [1.29, 1.82) is 0 Å². The number of morpholine rings is 2. The van der Waals surface area contributed by atoms with Gasteiger partial charge in [0.25, 0.3) is 0 Å². The Morgan fingerprint density at radius 1 is 0.853 bits per heavy atom. The van der Waals surface area contributed by atoms with E-state index in [1.807, 2.05) is 12.1 Å². The van der Waals surface area contributed by atoms with Gasteiger partial charge in [0.15, 0.2) is 5.78 Å². The minimum absolute atomic E-state index is 0.0453. The zero-order valence-electron chi connectivity index (χ0n) is 18.9. The van der Waals surface area contributed by atoms with E-state index in [2.05, 4.69) is 24.8 Å². The van der Waals surface area contributed by atoms with Crippen molar-refractivity contribution >= 4 is 35.3 Å². The monoisotopic (exact) mass is 463 g/mol. The number of carbonyl (C=O) groups is 1. The molecule has 0 amide bonds. The number of ketones is 1. The van der Waals surface area contributed by atoms with E-state index in [1.54, 1.807) is 17.0 Å². The van der Waals surface area contributed by atoms with Crippen LogP contribution in [0.2, 0.25) is 0 Å². The molecule has 0 aliphatic carbocycles. The maximum absolute atomic E-state index is 12.1. The molecule has 4 heterocycles. The second-order valence-electron chi connectivity index (χ2n) is 7.81. The average molecular weight is 464 g/mol. The number of carbonyl (C=O) groups excluding carboxylic acids is 1. The lowest BCUT2D eigenvalue weighted by molar-refractivity contribution is 0.101. The van der Waals surface area contributed by atoms with Gasteiger partial charge in [0.05, 0.1) is 32.1 Å². The Hall–Kier alpha value is -3.77. The molecule has 0 atom stereocenters. The van der Waals surface area contributed by atoms with Crippen LogP contribution in [-0.2, 0) is 9.47 Å². The summed E-state index contributed by atoms with van der Waals surface area (Å²) in [4.78, 5) is 45.0. The van der Waals surface area contributed by atoms with E-state index < -0.39 is 0 Å². The number of aromatic nitrogens is 6. The van der Waals surface area contributed by atoms with Gasteiger partial charge >= 0.3 is 0 Å². The van der Waals surface area contributed by atoms with Crippen molar-refractivity contribution in [3.8, 4) is 0 Å². The molecule has 0 spiro atoms. The minimum Gasteiger partial charge on any atom is -0.378 e. The molecule has 5 rings (SSSR count). The van der Waals surface area contributed by atoms with E-state index in [0.717, 1.165) is 0 Å².